The van der Waals surface area contributed by atoms with Crippen LogP contribution in [0.2, 0.25) is 5.02 Å². The molecule has 0 radical (unpaired) electrons. The summed E-state index contributed by atoms with van der Waals surface area (Å²) in [6.45, 7) is 2.18. The predicted molar refractivity (Wildman–Crippen MR) is 97.1 cm³/mol. The molecule has 25 heavy (non-hydrogen) atoms. The highest BCUT2D eigenvalue weighted by atomic mass is 35.5. The Bertz CT molecular complexity index is 770. The quantitative estimate of drug-likeness (QED) is 0.882. The summed E-state index contributed by atoms with van der Waals surface area (Å²) in [7, 11) is 0. The minimum Gasteiger partial charge on any atom is -0.378 e. The summed E-state index contributed by atoms with van der Waals surface area (Å²) in [5.41, 5.74) is 3.85. The second-order valence-corrected chi connectivity index (χ2v) is 7.28. The lowest BCUT2D eigenvalue weighted by Gasteiger charge is -2.32. The lowest BCUT2D eigenvalue weighted by Crippen LogP contribution is -2.38. The highest BCUT2D eigenvalue weighted by Gasteiger charge is 2.29. The number of pyridine rings is 1. The summed E-state index contributed by atoms with van der Waals surface area (Å²) in [4.78, 5) is 8.35. The average molecular weight is 360 g/mol. The number of aromatic nitrogens is 1. The fraction of sp³-hybridized carbons (Fsp3) is 0.421. The summed E-state index contributed by atoms with van der Waals surface area (Å²) < 4.78 is 0. The van der Waals surface area contributed by atoms with E-state index in [0.717, 1.165) is 48.2 Å². The maximum atomic E-state index is 10.6. The lowest BCUT2D eigenvalue weighted by molar-refractivity contribution is -0.0291. The largest absolute Gasteiger partial charge is 0.378 e. The number of fused-ring (bicyclic) bond motifs is 1. The van der Waals surface area contributed by atoms with Gasteiger partial charge in [-0.25, -0.2) is 0 Å². The van der Waals surface area contributed by atoms with Crippen LogP contribution in [-0.2, 0) is 13.1 Å². The van der Waals surface area contributed by atoms with E-state index in [2.05, 4.69) is 9.88 Å². The maximum absolute atomic E-state index is 10.6. The average Bonchev–Trinajstić information content (AvgIpc) is 2.93. The van der Waals surface area contributed by atoms with E-state index in [0.29, 0.717) is 18.1 Å². The van der Waals surface area contributed by atoms with E-state index >= 15 is 0 Å². The molecule has 3 heterocycles. The highest BCUT2D eigenvalue weighted by Crippen LogP contribution is 2.37. The number of nitrogens with zero attached hydrogens (tertiary/aromatic N) is 3. The zero-order valence-corrected chi connectivity index (χ0v) is 14.7. The Morgan fingerprint density at radius 1 is 1.16 bits per heavy atom. The van der Waals surface area contributed by atoms with Crippen molar-refractivity contribution in [3.05, 3.63) is 58.4 Å². The van der Waals surface area contributed by atoms with Crippen molar-refractivity contribution in [2.75, 3.05) is 11.4 Å². The van der Waals surface area contributed by atoms with Gasteiger partial charge in [-0.1, -0.05) is 17.7 Å². The van der Waals surface area contributed by atoms with Crippen molar-refractivity contribution in [1.82, 2.24) is 9.88 Å². The number of halogens is 1. The molecule has 2 unspecified atom stereocenters. The van der Waals surface area contributed by atoms with Gasteiger partial charge in [0.2, 0.25) is 0 Å². The predicted octanol–water partition coefficient (Wildman–Crippen LogP) is 3.05. The van der Waals surface area contributed by atoms with Gasteiger partial charge in [-0.3, -0.25) is 9.88 Å². The van der Waals surface area contributed by atoms with E-state index in [1.807, 2.05) is 29.3 Å². The number of piperidine rings is 1. The zero-order chi connectivity index (χ0) is 17.4. The van der Waals surface area contributed by atoms with Gasteiger partial charge >= 0.3 is 0 Å². The molecule has 0 spiro atoms. The summed E-state index contributed by atoms with van der Waals surface area (Å²) >= 11 is 6.07. The van der Waals surface area contributed by atoms with Crippen LogP contribution in [0.15, 0.2) is 36.7 Å². The first-order valence-electron chi connectivity index (χ1n) is 8.71. The molecule has 6 heteroatoms. The summed E-state index contributed by atoms with van der Waals surface area (Å²) in [6, 6.07) is 7.63. The number of likely N-dealkylation sites (tertiary alicyclic amines) is 1. The van der Waals surface area contributed by atoms with Crippen LogP contribution >= 0.6 is 11.6 Å². The Balaban J connectivity index is 1.54. The van der Waals surface area contributed by atoms with E-state index in [9.17, 15) is 10.2 Å². The van der Waals surface area contributed by atoms with Crippen molar-refractivity contribution in [1.29, 1.82) is 0 Å². The summed E-state index contributed by atoms with van der Waals surface area (Å²) in [5.74, 6) is 0. The van der Waals surface area contributed by atoms with Crippen molar-refractivity contribution >= 4 is 17.3 Å². The molecule has 1 aromatic heterocycles. The van der Waals surface area contributed by atoms with Crippen LogP contribution in [0.4, 0.5) is 5.69 Å². The number of anilines is 1. The third kappa shape index (κ3) is 3.37. The van der Waals surface area contributed by atoms with Crippen molar-refractivity contribution in [2.45, 2.75) is 44.8 Å². The molecule has 2 aromatic rings. The molecule has 0 saturated carbocycles. The molecule has 2 aliphatic rings. The smallest absolute Gasteiger partial charge is 0.153 e. The van der Waals surface area contributed by atoms with Gasteiger partial charge < -0.3 is 15.1 Å². The number of rotatable bonds is 3. The van der Waals surface area contributed by atoms with E-state index < -0.39 is 6.23 Å². The molecule has 132 valence electrons. The molecule has 0 amide bonds. The lowest BCUT2D eigenvalue weighted by atomic mass is 10.1. The van der Waals surface area contributed by atoms with E-state index in [4.69, 9.17) is 11.6 Å². The third-order valence-corrected chi connectivity index (χ3v) is 5.33. The first-order chi connectivity index (χ1) is 12.1. The SMILES string of the molecule is OC1CCCCN1Cc1cncc(N2Cc3cc(Cl)ccc3C2O)c1. The zero-order valence-electron chi connectivity index (χ0n) is 14.0. The normalized spacial score (nSPS) is 23.7. The Morgan fingerprint density at radius 3 is 2.88 bits per heavy atom. The molecule has 0 aliphatic carbocycles. The number of aliphatic hydroxyl groups is 2. The highest BCUT2D eigenvalue weighted by molar-refractivity contribution is 6.30. The van der Waals surface area contributed by atoms with Crippen LogP contribution in [0.3, 0.4) is 0 Å². The van der Waals surface area contributed by atoms with E-state index in [-0.39, 0.29) is 6.23 Å². The van der Waals surface area contributed by atoms with Gasteiger partial charge in [0, 0.05) is 36.4 Å². The summed E-state index contributed by atoms with van der Waals surface area (Å²) in [5, 5.41) is 21.5. The minimum absolute atomic E-state index is 0.374. The topological polar surface area (TPSA) is 59.8 Å². The molecular weight excluding hydrogens is 338 g/mol. The molecule has 0 bridgehead atoms. The van der Waals surface area contributed by atoms with Crippen LogP contribution in [-0.4, -0.2) is 32.9 Å². The molecule has 1 aromatic carbocycles. The minimum atomic E-state index is -0.690. The number of aliphatic hydroxyl groups excluding tert-OH is 2. The second-order valence-electron chi connectivity index (χ2n) is 6.84. The van der Waals surface area contributed by atoms with Crippen LogP contribution < -0.4 is 4.90 Å². The van der Waals surface area contributed by atoms with Crippen LogP contribution in [0.1, 0.15) is 42.2 Å². The van der Waals surface area contributed by atoms with Crippen molar-refractivity contribution in [3.8, 4) is 0 Å². The van der Waals surface area contributed by atoms with Gasteiger partial charge in [0.25, 0.3) is 0 Å². The molecule has 4 rings (SSSR count). The van der Waals surface area contributed by atoms with Gasteiger partial charge in [0.15, 0.2) is 6.23 Å². The van der Waals surface area contributed by atoms with Crippen LogP contribution in [0.25, 0.3) is 0 Å². The Kier molecular flexibility index (Phi) is 4.65. The van der Waals surface area contributed by atoms with E-state index in [1.54, 1.807) is 12.3 Å². The van der Waals surface area contributed by atoms with E-state index in [1.165, 1.54) is 0 Å². The Hall–Kier alpha value is -1.66. The third-order valence-electron chi connectivity index (χ3n) is 5.10. The molecule has 2 N–H and O–H groups in total. The Morgan fingerprint density at radius 2 is 2.04 bits per heavy atom. The fourth-order valence-electron chi connectivity index (χ4n) is 3.74. The monoisotopic (exact) mass is 359 g/mol. The molecule has 5 nitrogen and oxygen atoms in total. The standard InChI is InChI=1S/C19H22ClN3O2/c20-15-4-5-17-14(8-15)12-23(19(17)25)16-7-13(9-21-10-16)11-22-6-2-1-3-18(22)24/h4-5,7-10,18-19,24-25H,1-3,6,11-12H2. The van der Waals surface area contributed by atoms with Gasteiger partial charge in [-0.2, -0.15) is 0 Å². The van der Waals surface area contributed by atoms with Gasteiger partial charge in [-0.15, -0.1) is 0 Å². The van der Waals surface area contributed by atoms with Crippen LogP contribution in [0.5, 0.6) is 0 Å². The van der Waals surface area contributed by atoms with Crippen molar-refractivity contribution in [2.24, 2.45) is 0 Å². The second kappa shape index (κ2) is 6.92. The number of hydrogen-bond acceptors (Lipinski definition) is 5. The first kappa shape index (κ1) is 16.8. The number of hydrogen-bond donors (Lipinski definition) is 2. The molecule has 2 aliphatic heterocycles. The maximum Gasteiger partial charge on any atom is 0.153 e. The van der Waals surface area contributed by atoms with Crippen molar-refractivity contribution < 1.29 is 10.2 Å². The molecule has 1 saturated heterocycles. The molecule has 2 atom stereocenters. The van der Waals surface area contributed by atoms with Crippen LogP contribution in [0, 0.1) is 0 Å². The van der Waals surface area contributed by atoms with Crippen molar-refractivity contribution in [3.63, 3.8) is 0 Å². The molecular formula is C19H22ClN3O2. The summed E-state index contributed by atoms with van der Waals surface area (Å²) in [6.07, 6.45) is 5.56. The fourth-order valence-corrected chi connectivity index (χ4v) is 3.94. The number of benzene rings is 1. The molecule has 1 fully saturated rings. The van der Waals surface area contributed by atoms with Gasteiger partial charge in [-0.05, 0) is 48.6 Å². The van der Waals surface area contributed by atoms with Gasteiger partial charge in [0.1, 0.15) is 6.23 Å². The van der Waals surface area contributed by atoms with Gasteiger partial charge in [0.05, 0.1) is 11.9 Å². The first-order valence-corrected chi connectivity index (χ1v) is 9.09. The Labute approximate surface area is 152 Å².